The molecule has 1 saturated heterocycles. The number of piperidine rings is 1. The summed E-state index contributed by atoms with van der Waals surface area (Å²) in [6.45, 7) is 7.27. The van der Waals surface area contributed by atoms with Crippen molar-refractivity contribution < 1.29 is 9.53 Å². The summed E-state index contributed by atoms with van der Waals surface area (Å²) in [7, 11) is 0. The van der Waals surface area contributed by atoms with Crippen LogP contribution in [0.25, 0.3) is 0 Å². The van der Waals surface area contributed by atoms with Gasteiger partial charge in [0.25, 0.3) is 0 Å². The second-order valence-corrected chi connectivity index (χ2v) is 7.18. The number of carbonyl (C=O) groups excluding carboxylic acids is 1. The van der Waals surface area contributed by atoms with Gasteiger partial charge in [0.2, 0.25) is 0 Å². The Morgan fingerprint density at radius 3 is 2.57 bits per heavy atom. The quantitative estimate of drug-likeness (QED) is 0.721. The fraction of sp³-hybridized carbons (Fsp3) is 0.588. The van der Waals surface area contributed by atoms with E-state index in [0.29, 0.717) is 5.92 Å². The highest BCUT2D eigenvalue weighted by Crippen LogP contribution is 2.29. The van der Waals surface area contributed by atoms with Crippen LogP contribution < -0.4 is 0 Å². The molecule has 0 atom stereocenters. The summed E-state index contributed by atoms with van der Waals surface area (Å²) in [5, 5.41) is 0.887. The lowest BCUT2D eigenvalue weighted by Crippen LogP contribution is -2.41. The largest absolute Gasteiger partial charge is 0.444 e. The van der Waals surface area contributed by atoms with Crippen molar-refractivity contribution in [3.05, 3.63) is 35.4 Å². The van der Waals surface area contributed by atoms with Gasteiger partial charge in [-0.1, -0.05) is 40.2 Å². The van der Waals surface area contributed by atoms with Crippen molar-refractivity contribution in [2.75, 3.05) is 13.1 Å². The van der Waals surface area contributed by atoms with E-state index in [1.54, 1.807) is 0 Å². The summed E-state index contributed by atoms with van der Waals surface area (Å²) < 4.78 is 5.44. The first kappa shape index (κ1) is 16.3. The van der Waals surface area contributed by atoms with Gasteiger partial charge in [0.1, 0.15) is 5.60 Å². The van der Waals surface area contributed by atoms with Crippen molar-refractivity contribution >= 4 is 22.0 Å². The average Bonchev–Trinajstić information content (AvgIpc) is 2.46. The number of nitrogens with zero attached hydrogens (tertiary/aromatic N) is 1. The molecule has 1 aliphatic heterocycles. The molecule has 0 N–H and O–H groups in total. The van der Waals surface area contributed by atoms with Gasteiger partial charge in [-0.3, -0.25) is 0 Å². The number of halogens is 1. The Balaban J connectivity index is 1.92. The molecule has 0 spiro atoms. The van der Waals surface area contributed by atoms with Crippen molar-refractivity contribution in [2.24, 2.45) is 0 Å². The standard InChI is InChI=1S/C17H24BrNO2/c1-17(2,3)21-16(20)19-9-7-14(8-10-19)15-6-4-5-13(11-15)12-18/h4-6,11,14H,7-10,12H2,1-3H3. The molecule has 0 unspecified atom stereocenters. The summed E-state index contributed by atoms with van der Waals surface area (Å²) >= 11 is 3.50. The second kappa shape index (κ2) is 6.82. The van der Waals surface area contributed by atoms with Crippen molar-refractivity contribution in [1.29, 1.82) is 0 Å². The summed E-state index contributed by atoms with van der Waals surface area (Å²) in [6, 6.07) is 8.71. The minimum Gasteiger partial charge on any atom is -0.444 e. The SMILES string of the molecule is CC(C)(C)OC(=O)N1CCC(c2cccc(CBr)c2)CC1. The zero-order valence-corrected chi connectivity index (χ0v) is 14.6. The van der Waals surface area contributed by atoms with Crippen molar-refractivity contribution in [2.45, 2.75) is 50.5 Å². The molecular weight excluding hydrogens is 330 g/mol. The molecule has 3 nitrogen and oxygen atoms in total. The highest BCUT2D eigenvalue weighted by atomic mass is 79.9. The van der Waals surface area contributed by atoms with Crippen molar-refractivity contribution in [3.8, 4) is 0 Å². The minimum atomic E-state index is -0.419. The average molecular weight is 354 g/mol. The van der Waals surface area contributed by atoms with Crippen LogP contribution in [0.5, 0.6) is 0 Å². The van der Waals surface area contributed by atoms with Crippen LogP contribution >= 0.6 is 15.9 Å². The molecule has 2 rings (SSSR count). The molecule has 21 heavy (non-hydrogen) atoms. The predicted octanol–water partition coefficient (Wildman–Crippen LogP) is 4.70. The Hall–Kier alpha value is -1.03. The number of carbonyl (C=O) groups is 1. The number of ether oxygens (including phenoxy) is 1. The van der Waals surface area contributed by atoms with Gasteiger partial charge < -0.3 is 9.64 Å². The Kier molecular flexibility index (Phi) is 5.31. The lowest BCUT2D eigenvalue weighted by Gasteiger charge is -2.33. The summed E-state index contributed by atoms with van der Waals surface area (Å²) in [5.74, 6) is 0.544. The third kappa shape index (κ3) is 4.73. The number of benzene rings is 1. The van der Waals surface area contributed by atoms with Gasteiger partial charge >= 0.3 is 6.09 Å². The third-order valence-electron chi connectivity index (χ3n) is 3.72. The Morgan fingerprint density at radius 1 is 1.33 bits per heavy atom. The van der Waals surface area contributed by atoms with E-state index in [0.717, 1.165) is 31.3 Å². The van der Waals surface area contributed by atoms with Gasteiger partial charge in [-0.15, -0.1) is 0 Å². The summed E-state index contributed by atoms with van der Waals surface area (Å²) in [4.78, 5) is 13.9. The monoisotopic (exact) mass is 353 g/mol. The topological polar surface area (TPSA) is 29.5 Å². The lowest BCUT2D eigenvalue weighted by atomic mass is 9.89. The van der Waals surface area contributed by atoms with Crippen molar-refractivity contribution in [3.63, 3.8) is 0 Å². The Bertz CT molecular complexity index is 488. The van der Waals surface area contributed by atoms with Crippen LogP contribution in [0.4, 0.5) is 4.79 Å². The maximum absolute atomic E-state index is 12.1. The highest BCUT2D eigenvalue weighted by molar-refractivity contribution is 9.08. The molecular formula is C17H24BrNO2. The zero-order chi connectivity index (χ0) is 15.5. The summed E-state index contributed by atoms with van der Waals surface area (Å²) in [6.07, 6.45) is 1.82. The summed E-state index contributed by atoms with van der Waals surface area (Å²) in [5.41, 5.74) is 2.27. The smallest absolute Gasteiger partial charge is 0.410 e. The predicted molar refractivity (Wildman–Crippen MR) is 88.9 cm³/mol. The molecule has 0 aromatic heterocycles. The van der Waals surface area contributed by atoms with E-state index in [1.807, 2.05) is 25.7 Å². The first-order valence-electron chi connectivity index (χ1n) is 7.52. The van der Waals surface area contributed by atoms with E-state index in [-0.39, 0.29) is 6.09 Å². The normalized spacial score (nSPS) is 16.9. The van der Waals surface area contributed by atoms with Crippen LogP contribution in [0.2, 0.25) is 0 Å². The second-order valence-electron chi connectivity index (χ2n) is 6.62. The van der Waals surface area contributed by atoms with E-state index in [9.17, 15) is 4.79 Å². The van der Waals surface area contributed by atoms with E-state index < -0.39 is 5.60 Å². The molecule has 0 saturated carbocycles. The minimum absolute atomic E-state index is 0.185. The Labute approximate surface area is 135 Å². The molecule has 0 radical (unpaired) electrons. The lowest BCUT2D eigenvalue weighted by molar-refractivity contribution is 0.0205. The molecule has 1 aromatic rings. The number of amides is 1. The molecule has 1 heterocycles. The molecule has 4 heteroatoms. The van der Waals surface area contributed by atoms with Crippen LogP contribution in [0.15, 0.2) is 24.3 Å². The number of hydrogen-bond donors (Lipinski definition) is 0. The van der Waals surface area contributed by atoms with Crippen LogP contribution in [0.1, 0.15) is 50.7 Å². The van der Waals surface area contributed by atoms with E-state index >= 15 is 0 Å². The van der Waals surface area contributed by atoms with Gasteiger partial charge in [-0.05, 0) is 50.7 Å². The van der Waals surface area contributed by atoms with E-state index in [1.165, 1.54) is 11.1 Å². The molecule has 1 aliphatic rings. The van der Waals surface area contributed by atoms with Gasteiger partial charge in [0.05, 0.1) is 0 Å². The van der Waals surface area contributed by atoms with E-state index in [2.05, 4.69) is 40.2 Å². The van der Waals surface area contributed by atoms with E-state index in [4.69, 9.17) is 4.74 Å². The molecule has 116 valence electrons. The number of likely N-dealkylation sites (tertiary alicyclic amines) is 1. The first-order valence-corrected chi connectivity index (χ1v) is 8.64. The zero-order valence-electron chi connectivity index (χ0n) is 13.1. The van der Waals surface area contributed by atoms with Gasteiger partial charge in [-0.25, -0.2) is 4.79 Å². The number of hydrogen-bond acceptors (Lipinski definition) is 2. The third-order valence-corrected chi connectivity index (χ3v) is 4.37. The molecule has 0 bridgehead atoms. The fourth-order valence-corrected chi connectivity index (χ4v) is 3.00. The maximum Gasteiger partial charge on any atom is 0.410 e. The fourth-order valence-electron chi connectivity index (χ4n) is 2.65. The van der Waals surface area contributed by atoms with Gasteiger partial charge in [0.15, 0.2) is 0 Å². The van der Waals surface area contributed by atoms with Gasteiger partial charge in [0, 0.05) is 18.4 Å². The van der Waals surface area contributed by atoms with Crippen LogP contribution in [-0.4, -0.2) is 29.7 Å². The van der Waals surface area contributed by atoms with Crippen LogP contribution in [0.3, 0.4) is 0 Å². The number of alkyl halides is 1. The Morgan fingerprint density at radius 2 is 2.00 bits per heavy atom. The van der Waals surface area contributed by atoms with Crippen LogP contribution in [-0.2, 0) is 10.1 Å². The molecule has 1 aromatic carbocycles. The molecule has 1 fully saturated rings. The van der Waals surface area contributed by atoms with Gasteiger partial charge in [-0.2, -0.15) is 0 Å². The first-order chi connectivity index (χ1) is 9.89. The molecule has 1 amide bonds. The van der Waals surface area contributed by atoms with Crippen LogP contribution in [0, 0.1) is 0 Å². The number of rotatable bonds is 2. The van der Waals surface area contributed by atoms with Crippen molar-refractivity contribution in [1.82, 2.24) is 4.90 Å². The molecule has 0 aliphatic carbocycles. The highest BCUT2D eigenvalue weighted by Gasteiger charge is 2.27. The maximum atomic E-state index is 12.1.